The molecule has 4 heavy (non-hydrogen) atoms. The lowest BCUT2D eigenvalue weighted by molar-refractivity contribution is 1.11. The van der Waals surface area contributed by atoms with Crippen LogP contribution in [0.4, 0.5) is 4.70 Å². The van der Waals surface area contributed by atoms with E-state index in [1.54, 1.807) is 0 Å². The van der Waals surface area contributed by atoms with E-state index in [4.69, 9.17) is 0 Å². The molecule has 2 heteroatoms. The summed E-state index contributed by atoms with van der Waals surface area (Å²) < 4.78 is 0. The Morgan fingerprint density at radius 1 is 1.00 bits per heavy atom. The molecule has 0 saturated heterocycles. The number of hydrogen-bond donors (Lipinski definition) is 0. The second-order valence-corrected chi connectivity index (χ2v) is 0. The highest BCUT2D eigenvalue weighted by Crippen LogP contribution is 0.862. The molecular weight excluding hydrogens is 78.5 g/mol. The van der Waals surface area contributed by atoms with Crippen molar-refractivity contribution in [3.8, 4) is 0 Å². The van der Waals surface area contributed by atoms with Crippen LogP contribution in [0.2, 0.25) is 0 Å². The highest BCUT2D eigenvalue weighted by molar-refractivity contribution is 5.85. The lowest BCUT2D eigenvalue weighted by Gasteiger charge is -0.813. The van der Waals surface area contributed by atoms with Crippen molar-refractivity contribution >= 4 is 12.4 Å². The first-order valence-electron chi connectivity index (χ1n) is 0.500. The van der Waals surface area contributed by atoms with Crippen LogP contribution in [0.5, 0.6) is 0 Å². The van der Waals surface area contributed by atoms with Crippen LogP contribution in [0.15, 0.2) is 13.2 Å². The van der Waals surface area contributed by atoms with E-state index < -0.39 is 0 Å². The Balaban J connectivity index is -0.00000000500. The Kier molecular flexibility index (Phi) is 66900. The minimum atomic E-state index is 0. The molecule has 0 nitrogen and oxygen atoms in total. The van der Waals surface area contributed by atoms with Crippen LogP contribution in [-0.2, 0) is 0 Å². The van der Waals surface area contributed by atoms with Gasteiger partial charge in [-0.1, -0.05) is 0 Å². The Morgan fingerprint density at radius 2 is 1.00 bits per heavy atom. The molecule has 0 bridgehead atoms. The molecule has 0 aliphatic heterocycles. The van der Waals surface area contributed by atoms with Crippen molar-refractivity contribution in [2.75, 3.05) is 0 Å². The molecule has 0 spiro atoms. The molecule has 0 amide bonds. The van der Waals surface area contributed by atoms with Gasteiger partial charge in [0.1, 0.15) is 0 Å². The lowest BCUT2D eigenvalue weighted by Crippen LogP contribution is -0.552. The smallest absolute Gasteiger partial charge is 0.106 e. The van der Waals surface area contributed by atoms with Gasteiger partial charge < -0.3 is 0 Å². The molecule has 0 saturated carbocycles. The van der Waals surface area contributed by atoms with Crippen molar-refractivity contribution < 1.29 is 4.70 Å². The van der Waals surface area contributed by atoms with Gasteiger partial charge in [0.2, 0.25) is 0 Å². The summed E-state index contributed by atoms with van der Waals surface area (Å²) in [7, 11) is 0. The van der Waals surface area contributed by atoms with Gasteiger partial charge >= 0.3 is 0 Å². The third kappa shape index (κ3) is 1130. The van der Waals surface area contributed by atoms with E-state index in [1.807, 2.05) is 0 Å². The van der Waals surface area contributed by atoms with Gasteiger partial charge in [0.25, 0.3) is 0 Å². The van der Waals surface area contributed by atoms with E-state index in [0.717, 1.165) is 0 Å². The Bertz CT molecular complexity index is 6.00. The fourth-order valence-corrected chi connectivity index (χ4v) is 0. The molecule has 0 rings (SSSR count). The molecule has 0 unspecified atom stereocenters. The molecule has 28 valence electrons. The van der Waals surface area contributed by atoms with Crippen molar-refractivity contribution in [1.82, 2.24) is 0 Å². The van der Waals surface area contributed by atoms with Crippen LogP contribution in [-0.4, -0.2) is 0 Å². The van der Waals surface area contributed by atoms with Crippen molar-refractivity contribution in [1.29, 1.82) is 0 Å². The third-order valence-corrected chi connectivity index (χ3v) is 0. The van der Waals surface area contributed by atoms with Gasteiger partial charge in [0.05, 0.1) is 0 Å². The summed E-state index contributed by atoms with van der Waals surface area (Å²) in [5.41, 5.74) is 0. The predicted octanol–water partition coefficient (Wildman–Crippen LogP) is 1.38. The average molecular weight is 84.5 g/mol. The zero-order valence-electron chi connectivity index (χ0n) is 2.23. The van der Waals surface area contributed by atoms with E-state index in [0.29, 0.717) is 0 Å². The van der Waals surface area contributed by atoms with Crippen LogP contribution in [0, 0.1) is 0 Å². The van der Waals surface area contributed by atoms with Gasteiger partial charge in [-0.25, -0.2) is 0 Å². The van der Waals surface area contributed by atoms with E-state index >= 15 is 0 Å². The quantitative estimate of drug-likeness (QED) is 0.389. The maximum Gasteiger partial charge on any atom is -0.106 e. The Labute approximate surface area is 31.3 Å². The van der Waals surface area contributed by atoms with Gasteiger partial charge in [-0.3, -0.25) is 4.70 Å². The first-order valence-corrected chi connectivity index (χ1v) is 0.500. The number of hydrogen-bond acceptors (Lipinski definition) is 0. The molecule has 0 atom stereocenters. The van der Waals surface area contributed by atoms with E-state index in [-0.39, 0.29) is 17.1 Å². The zero-order valence-corrected chi connectivity index (χ0v) is 3.05. The van der Waals surface area contributed by atoms with Crippen molar-refractivity contribution in [3.05, 3.63) is 13.2 Å². The maximum atomic E-state index is 3.00. The predicted molar refractivity (Wildman–Crippen MR) is 21.0 cm³/mol. The summed E-state index contributed by atoms with van der Waals surface area (Å²) in [6, 6.07) is 0. The first kappa shape index (κ1) is 37.6. The summed E-state index contributed by atoms with van der Waals surface area (Å²) in [4.78, 5) is 0. The molecule has 0 heterocycles. The van der Waals surface area contributed by atoms with Crippen molar-refractivity contribution in [2.45, 2.75) is 0 Å². The normalized spacial score (nSPS) is 1.00. The summed E-state index contributed by atoms with van der Waals surface area (Å²) in [5, 5.41) is 0. The molecule has 0 aliphatic carbocycles. The van der Waals surface area contributed by atoms with Crippen LogP contribution in [0.1, 0.15) is 0 Å². The topological polar surface area (TPSA) is 0 Å². The molecule has 0 N–H and O–H groups in total. The Hall–Kier alpha value is -0.0400. The molecule has 0 aromatic carbocycles. The minimum absolute atomic E-state index is 0. The van der Waals surface area contributed by atoms with Gasteiger partial charge in [-0.15, -0.1) is 25.6 Å². The van der Waals surface area contributed by atoms with Crippen LogP contribution < -0.4 is 0 Å². The first-order chi connectivity index (χ1) is 1.00. The minimum Gasteiger partial charge on any atom is -0.269 e. The fourth-order valence-electron chi connectivity index (χ4n) is 0. The van der Waals surface area contributed by atoms with E-state index in [9.17, 15) is 0 Å². The molecule has 0 aromatic rings. The van der Waals surface area contributed by atoms with Crippen molar-refractivity contribution in [3.63, 3.8) is 0 Å². The summed E-state index contributed by atoms with van der Waals surface area (Å²) in [6.07, 6.45) is 0. The second kappa shape index (κ2) is 7110. The molecule has 0 aromatic heterocycles. The van der Waals surface area contributed by atoms with Crippen LogP contribution >= 0.6 is 12.4 Å². The summed E-state index contributed by atoms with van der Waals surface area (Å²) >= 11 is 0. The highest BCUT2D eigenvalue weighted by atomic mass is 35.5. The van der Waals surface area contributed by atoms with Crippen molar-refractivity contribution in [2.24, 2.45) is 0 Å². The zero-order chi connectivity index (χ0) is 2.00. The van der Waals surface area contributed by atoms with Crippen LogP contribution in [0.3, 0.4) is 0 Å². The van der Waals surface area contributed by atoms with Gasteiger partial charge in [0, 0.05) is 0 Å². The SMILES string of the molecule is C=C.Cl.F. The standard InChI is InChI=1S/C2H4.ClH.FH/c1-2;;/h1-2H2;2*1H. The van der Waals surface area contributed by atoms with Gasteiger partial charge in [-0.2, -0.15) is 0 Å². The summed E-state index contributed by atoms with van der Waals surface area (Å²) in [5.74, 6) is 0. The molecule has 0 radical (unpaired) electrons. The van der Waals surface area contributed by atoms with Gasteiger partial charge in [-0.05, 0) is 0 Å². The lowest BCUT2D eigenvalue weighted by atomic mass is 11.3. The number of halogens is 2. The van der Waals surface area contributed by atoms with E-state index in [2.05, 4.69) is 13.2 Å². The van der Waals surface area contributed by atoms with Gasteiger partial charge in [0.15, 0.2) is 0 Å². The maximum absolute atomic E-state index is 3.00. The summed E-state index contributed by atoms with van der Waals surface area (Å²) in [6.45, 7) is 6.00. The fraction of sp³-hybridized carbons (Fsp3) is 0. The second-order valence-electron chi connectivity index (χ2n) is 0. The highest BCUT2D eigenvalue weighted by Gasteiger charge is 0.601. The largest absolute Gasteiger partial charge is 0.269 e. The number of rotatable bonds is 0. The molecule has 0 aliphatic rings. The third-order valence-electron chi connectivity index (χ3n) is 0. The van der Waals surface area contributed by atoms with Crippen LogP contribution in [0.25, 0.3) is 0 Å². The molecule has 0 fully saturated rings. The average Bonchev–Trinajstić information content (AvgIpc) is 1.00. The van der Waals surface area contributed by atoms with E-state index in [1.165, 1.54) is 0 Å². The monoisotopic (exact) mass is 84.0 g/mol. The Morgan fingerprint density at radius 3 is 1.00 bits per heavy atom. The molecular formula is C2H6ClF.